The summed E-state index contributed by atoms with van der Waals surface area (Å²) in [6.07, 6.45) is 0. The first kappa shape index (κ1) is 12.5. The topological polar surface area (TPSA) is 24.1 Å². The molecule has 0 unspecified atom stereocenters. The molecule has 2 nitrogen and oxygen atoms in total. The maximum absolute atomic E-state index is 4.59. The molecule has 0 bridgehead atoms. The van der Waals surface area contributed by atoms with E-state index in [-0.39, 0.29) is 0 Å². The van der Waals surface area contributed by atoms with Gasteiger partial charge in [-0.2, -0.15) is 0 Å². The molecule has 2 N–H and O–H groups in total. The highest BCUT2D eigenvalue weighted by Crippen LogP contribution is 1.57. The van der Waals surface area contributed by atoms with Crippen LogP contribution < -0.4 is 10.6 Å². The zero-order valence-corrected chi connectivity index (χ0v) is 8.45. The molecule has 0 aromatic rings. The molecule has 0 fully saturated rings. The fourth-order valence-electron chi connectivity index (χ4n) is 0. The van der Waals surface area contributed by atoms with Crippen molar-refractivity contribution in [2.75, 3.05) is 14.1 Å². The number of rotatable bonds is 0. The highest BCUT2D eigenvalue weighted by atomic mass is 32.1. The zero-order valence-electron chi connectivity index (χ0n) is 6.82. The second-order valence-corrected chi connectivity index (χ2v) is 2.84. The van der Waals surface area contributed by atoms with Gasteiger partial charge in [-0.05, 0) is 13.8 Å². The van der Waals surface area contributed by atoms with Crippen molar-refractivity contribution < 1.29 is 0 Å². The van der Waals surface area contributed by atoms with Crippen LogP contribution in [0.4, 0.5) is 0 Å². The summed E-state index contributed by atoms with van der Waals surface area (Å²) < 4.78 is 0. The average molecular weight is 178 g/mol. The van der Waals surface area contributed by atoms with Crippen molar-refractivity contribution in [2.45, 2.75) is 13.8 Å². The molecule has 4 heteroatoms. The predicted molar refractivity (Wildman–Crippen MR) is 54.7 cm³/mol. The Morgan fingerprint density at radius 1 is 0.900 bits per heavy atom. The summed E-state index contributed by atoms with van der Waals surface area (Å²) in [7, 11) is 3.62. The summed E-state index contributed by atoms with van der Waals surface area (Å²) in [6.45, 7) is 3.69. The molecule has 0 spiro atoms. The molecular formula is C6H14N2S2. The maximum atomic E-state index is 4.59. The van der Waals surface area contributed by atoms with Gasteiger partial charge in [0.2, 0.25) is 0 Å². The predicted octanol–water partition coefficient (Wildman–Crippen LogP) is 1.11. The van der Waals surface area contributed by atoms with E-state index in [0.717, 1.165) is 9.98 Å². The molecule has 0 aliphatic rings. The van der Waals surface area contributed by atoms with Gasteiger partial charge < -0.3 is 10.6 Å². The second kappa shape index (κ2) is 8.78. The van der Waals surface area contributed by atoms with E-state index in [0.29, 0.717) is 0 Å². The summed E-state index contributed by atoms with van der Waals surface area (Å²) in [4.78, 5) is 1.68. The lowest BCUT2D eigenvalue weighted by atomic mass is 10.8. The van der Waals surface area contributed by atoms with Crippen LogP contribution in [0.1, 0.15) is 13.8 Å². The van der Waals surface area contributed by atoms with Gasteiger partial charge in [0.15, 0.2) is 0 Å². The van der Waals surface area contributed by atoms with Crippen molar-refractivity contribution in [1.29, 1.82) is 0 Å². The van der Waals surface area contributed by atoms with Crippen LogP contribution in [0.25, 0.3) is 0 Å². The van der Waals surface area contributed by atoms with Crippen LogP contribution in [0.15, 0.2) is 0 Å². The fraction of sp³-hybridized carbons (Fsp3) is 0.667. The molecule has 0 saturated carbocycles. The molecule has 0 aliphatic carbocycles. The fourth-order valence-corrected chi connectivity index (χ4v) is 0. The van der Waals surface area contributed by atoms with Crippen LogP contribution in [0.3, 0.4) is 0 Å². The van der Waals surface area contributed by atoms with E-state index in [1.807, 2.05) is 27.9 Å². The van der Waals surface area contributed by atoms with Gasteiger partial charge in [0.25, 0.3) is 0 Å². The maximum Gasteiger partial charge on any atom is 0.0719 e. The number of nitrogens with one attached hydrogen (secondary N) is 2. The van der Waals surface area contributed by atoms with Gasteiger partial charge >= 0.3 is 0 Å². The third-order valence-electron chi connectivity index (χ3n) is 0.704. The van der Waals surface area contributed by atoms with Gasteiger partial charge in [0.1, 0.15) is 0 Å². The van der Waals surface area contributed by atoms with Crippen molar-refractivity contribution in [2.24, 2.45) is 0 Å². The standard InChI is InChI=1S/2C3H7NS/c2*1-3(5)4-2/h2*1-2H3,(H,4,5). The molecule has 0 heterocycles. The summed E-state index contributed by atoms with van der Waals surface area (Å²) in [5, 5.41) is 5.52. The number of hydrogen-bond acceptors (Lipinski definition) is 2. The summed E-state index contributed by atoms with van der Waals surface area (Å²) in [5.41, 5.74) is 0. The quantitative estimate of drug-likeness (QED) is 0.543. The van der Waals surface area contributed by atoms with Crippen LogP contribution in [-0.4, -0.2) is 24.1 Å². The molecule has 10 heavy (non-hydrogen) atoms. The van der Waals surface area contributed by atoms with Crippen molar-refractivity contribution in [1.82, 2.24) is 10.6 Å². The van der Waals surface area contributed by atoms with Gasteiger partial charge in [-0.15, -0.1) is 0 Å². The molecule has 60 valence electrons. The molecule has 0 aromatic carbocycles. The first-order chi connectivity index (χ1) is 4.54. The van der Waals surface area contributed by atoms with Gasteiger partial charge in [-0.3, -0.25) is 0 Å². The second-order valence-electron chi connectivity index (χ2n) is 1.61. The summed E-state index contributed by atoms with van der Waals surface area (Å²) >= 11 is 9.17. The third kappa shape index (κ3) is 25.0. The summed E-state index contributed by atoms with van der Waals surface area (Å²) in [6, 6.07) is 0. The van der Waals surface area contributed by atoms with Crippen molar-refractivity contribution >= 4 is 34.4 Å². The largest absolute Gasteiger partial charge is 0.383 e. The van der Waals surface area contributed by atoms with E-state index in [4.69, 9.17) is 0 Å². The smallest absolute Gasteiger partial charge is 0.0719 e. The molecule has 0 aromatic heterocycles. The van der Waals surface area contributed by atoms with E-state index in [1.165, 1.54) is 0 Å². The van der Waals surface area contributed by atoms with E-state index in [9.17, 15) is 0 Å². The van der Waals surface area contributed by atoms with Crippen LogP contribution in [0.5, 0.6) is 0 Å². The van der Waals surface area contributed by atoms with Crippen LogP contribution in [-0.2, 0) is 0 Å². The van der Waals surface area contributed by atoms with Gasteiger partial charge in [-0.1, -0.05) is 24.4 Å². The van der Waals surface area contributed by atoms with Crippen molar-refractivity contribution in [3.05, 3.63) is 0 Å². The zero-order chi connectivity index (χ0) is 8.57. The van der Waals surface area contributed by atoms with Crippen molar-refractivity contribution in [3.63, 3.8) is 0 Å². The minimum atomic E-state index is 0.838. The Morgan fingerprint density at radius 3 is 1.00 bits per heavy atom. The lowest BCUT2D eigenvalue weighted by molar-refractivity contribution is 1.19. The number of hydrogen-bond donors (Lipinski definition) is 2. The molecule has 0 rings (SSSR count). The Hall–Kier alpha value is -0.220. The minimum Gasteiger partial charge on any atom is -0.383 e. The molecular weight excluding hydrogens is 164 g/mol. The molecule has 0 atom stereocenters. The lowest BCUT2D eigenvalue weighted by Crippen LogP contribution is -2.09. The van der Waals surface area contributed by atoms with Gasteiger partial charge in [0.05, 0.1) is 9.98 Å². The normalized spacial score (nSPS) is 6.80. The van der Waals surface area contributed by atoms with Gasteiger partial charge in [-0.25, -0.2) is 0 Å². The molecule has 0 saturated heterocycles. The van der Waals surface area contributed by atoms with E-state index < -0.39 is 0 Å². The Kier molecular flexibility index (Phi) is 10.9. The Bertz CT molecular complexity index is 98.3. The monoisotopic (exact) mass is 178 g/mol. The van der Waals surface area contributed by atoms with Crippen molar-refractivity contribution in [3.8, 4) is 0 Å². The minimum absolute atomic E-state index is 0.838. The Labute approximate surface area is 73.4 Å². The van der Waals surface area contributed by atoms with E-state index >= 15 is 0 Å². The van der Waals surface area contributed by atoms with Crippen LogP contribution in [0.2, 0.25) is 0 Å². The Balaban J connectivity index is 0. The van der Waals surface area contributed by atoms with E-state index in [1.54, 1.807) is 0 Å². The summed E-state index contributed by atoms with van der Waals surface area (Å²) in [5.74, 6) is 0. The molecule has 0 aliphatic heterocycles. The molecule has 0 amide bonds. The lowest BCUT2D eigenvalue weighted by Gasteiger charge is -1.84. The number of thiocarbonyl (C=S) groups is 2. The first-order valence-corrected chi connectivity index (χ1v) is 3.72. The Morgan fingerprint density at radius 2 is 1.00 bits per heavy atom. The van der Waals surface area contributed by atoms with Crippen LogP contribution in [0, 0.1) is 0 Å². The first-order valence-electron chi connectivity index (χ1n) is 2.91. The third-order valence-corrected chi connectivity index (χ3v) is 1.11. The highest BCUT2D eigenvalue weighted by molar-refractivity contribution is 7.80. The van der Waals surface area contributed by atoms with Gasteiger partial charge in [0, 0.05) is 14.1 Å². The molecule has 0 radical (unpaired) electrons. The van der Waals surface area contributed by atoms with E-state index in [2.05, 4.69) is 35.1 Å². The average Bonchev–Trinajstić information content (AvgIpc) is 1.89. The SMILES string of the molecule is CNC(C)=S.CNC(C)=S. The van der Waals surface area contributed by atoms with Crippen LogP contribution >= 0.6 is 24.4 Å². The highest BCUT2D eigenvalue weighted by Gasteiger charge is 1.66.